The summed E-state index contributed by atoms with van der Waals surface area (Å²) in [5, 5.41) is 37.5. The Morgan fingerprint density at radius 2 is 1.83 bits per heavy atom. The van der Waals surface area contributed by atoms with Crippen molar-refractivity contribution in [3.63, 3.8) is 0 Å². The van der Waals surface area contributed by atoms with E-state index in [4.69, 9.17) is 5.10 Å². The number of hydrogen-bond donors (Lipinski definition) is 3. The van der Waals surface area contributed by atoms with Crippen LogP contribution in [0.3, 0.4) is 0 Å². The molecule has 6 rings (SSSR count). The lowest BCUT2D eigenvalue weighted by molar-refractivity contribution is 0.0292. The molecule has 1 amide bonds. The molecule has 11 heteroatoms. The van der Waals surface area contributed by atoms with E-state index in [2.05, 4.69) is 37.6 Å². The van der Waals surface area contributed by atoms with Gasteiger partial charge in [0.05, 0.1) is 34.4 Å². The zero-order chi connectivity index (χ0) is 28.6. The lowest BCUT2D eigenvalue weighted by Gasteiger charge is -2.39. The van der Waals surface area contributed by atoms with Crippen molar-refractivity contribution in [3.05, 3.63) is 59.5 Å². The average molecular weight is 591 g/mol. The van der Waals surface area contributed by atoms with Crippen LogP contribution in [0.1, 0.15) is 80.0 Å². The summed E-state index contributed by atoms with van der Waals surface area (Å²) in [5.74, 6) is -0.337. The predicted molar refractivity (Wildman–Crippen MR) is 165 cm³/mol. The number of rotatable bonds is 7. The van der Waals surface area contributed by atoms with Crippen LogP contribution in [0.15, 0.2) is 42.7 Å². The van der Waals surface area contributed by atoms with Crippen LogP contribution in [0.4, 0.5) is 5.69 Å². The maximum atomic E-state index is 13.5. The topological polar surface area (TPSA) is 124 Å². The van der Waals surface area contributed by atoms with Gasteiger partial charge in [0.1, 0.15) is 11.8 Å². The second-order valence-corrected chi connectivity index (χ2v) is 11.4. The maximum Gasteiger partial charge on any atom is 0.274 e. The number of nitriles is 1. The molecule has 4 aromatic rings. The molecule has 2 fully saturated rings. The maximum absolute atomic E-state index is 13.5. The highest BCUT2D eigenvalue weighted by molar-refractivity contribution is 6.05. The Labute approximate surface area is 252 Å². The number of hydrogen-bond acceptors (Lipinski definition) is 7. The lowest BCUT2D eigenvalue weighted by Crippen LogP contribution is -2.49. The molecular weight excluding hydrogens is 552 g/mol. The van der Waals surface area contributed by atoms with Crippen molar-refractivity contribution < 1.29 is 9.90 Å². The first kappa shape index (κ1) is 30.0. The Morgan fingerprint density at radius 3 is 2.52 bits per heavy atom. The van der Waals surface area contributed by atoms with Gasteiger partial charge in [-0.15, -0.1) is 12.4 Å². The van der Waals surface area contributed by atoms with Gasteiger partial charge in [0.15, 0.2) is 0 Å². The fourth-order valence-electron chi connectivity index (χ4n) is 6.55. The molecule has 2 aliphatic rings. The summed E-state index contributed by atoms with van der Waals surface area (Å²) in [6.07, 6.45) is 9.06. The Balaban J connectivity index is 0.00000353. The highest BCUT2D eigenvalue weighted by atomic mass is 35.5. The molecule has 10 nitrogen and oxygen atoms in total. The predicted octanol–water partition coefficient (Wildman–Crippen LogP) is 4.63. The van der Waals surface area contributed by atoms with Crippen LogP contribution in [-0.2, 0) is 5.60 Å². The average Bonchev–Trinajstić information content (AvgIpc) is 3.64. The van der Waals surface area contributed by atoms with Crippen LogP contribution in [0.2, 0.25) is 0 Å². The van der Waals surface area contributed by atoms with E-state index in [1.807, 2.05) is 26.0 Å². The van der Waals surface area contributed by atoms with E-state index in [9.17, 15) is 15.2 Å². The third-order valence-electron chi connectivity index (χ3n) is 9.15. The highest BCUT2D eigenvalue weighted by Crippen LogP contribution is 2.38. The first-order valence-electron chi connectivity index (χ1n) is 14.8. The molecule has 0 bridgehead atoms. The first-order chi connectivity index (χ1) is 19.9. The highest BCUT2D eigenvalue weighted by Gasteiger charge is 2.31. The van der Waals surface area contributed by atoms with Gasteiger partial charge in [0.25, 0.3) is 5.91 Å². The van der Waals surface area contributed by atoms with E-state index in [0.29, 0.717) is 53.0 Å². The molecule has 1 aliphatic carbocycles. The van der Waals surface area contributed by atoms with Crippen molar-refractivity contribution in [3.8, 4) is 6.07 Å². The van der Waals surface area contributed by atoms with Crippen LogP contribution in [0.25, 0.3) is 16.4 Å². The molecule has 222 valence electrons. The van der Waals surface area contributed by atoms with E-state index >= 15 is 0 Å². The van der Waals surface area contributed by atoms with Crippen molar-refractivity contribution in [2.24, 2.45) is 0 Å². The molecule has 0 unspecified atom stereocenters. The number of halogens is 1. The summed E-state index contributed by atoms with van der Waals surface area (Å²) in [7, 11) is 0. The Morgan fingerprint density at radius 1 is 1.12 bits per heavy atom. The van der Waals surface area contributed by atoms with Gasteiger partial charge in [0.2, 0.25) is 0 Å². The fourth-order valence-corrected chi connectivity index (χ4v) is 6.55. The Bertz CT molecular complexity index is 1600. The molecule has 1 aliphatic heterocycles. The number of carbonyl (C=O) groups is 1. The fraction of sp³-hybridized carbons (Fsp3) is 0.484. The summed E-state index contributed by atoms with van der Waals surface area (Å²) >= 11 is 0. The summed E-state index contributed by atoms with van der Waals surface area (Å²) in [5.41, 5.74) is 2.39. The largest absolute Gasteiger partial charge is 0.385 e. The molecule has 0 atom stereocenters. The zero-order valence-corrected chi connectivity index (χ0v) is 25.0. The quantitative estimate of drug-likeness (QED) is 0.287. The number of aliphatic hydroxyl groups is 1. The number of benzene rings is 1. The molecular formula is C31H39ClN8O2. The molecule has 3 aromatic heterocycles. The standard InChI is InChI=1S/C31H38N8O2.ClH/c1-3-31(41,4-2)26-17-27-22(20-38(36-27)24-7-5-23(6-8-24)37-13-11-33-12-14-37)16-28(26)35-30(40)29-10-9-25-15-21(18-32)19-34-39(25)29;/h9-10,15-17,19-20,23-24,33,41H,3-8,11-14H2,1-2H3,(H,35,40);1H. The summed E-state index contributed by atoms with van der Waals surface area (Å²) < 4.78 is 3.62. The first-order valence-corrected chi connectivity index (χ1v) is 14.8. The molecule has 1 aromatic carbocycles. The minimum absolute atomic E-state index is 0. The SMILES string of the molecule is CCC(O)(CC)c1cc2nn(C3CCC(N4CCNCC4)CC3)cc2cc1NC(=O)c1ccc2cc(C#N)cnn12.Cl. The third kappa shape index (κ3) is 5.62. The van der Waals surface area contributed by atoms with Crippen molar-refractivity contribution in [2.75, 3.05) is 31.5 Å². The van der Waals surface area contributed by atoms with Crippen molar-refractivity contribution in [2.45, 2.75) is 70.1 Å². The summed E-state index contributed by atoms with van der Waals surface area (Å²) in [6, 6.07) is 12.1. The van der Waals surface area contributed by atoms with Crippen LogP contribution in [-0.4, -0.2) is 67.5 Å². The number of amides is 1. The number of fused-ring (bicyclic) bond motifs is 2. The molecule has 4 heterocycles. The molecule has 0 spiro atoms. The van der Waals surface area contributed by atoms with Crippen molar-refractivity contribution >= 4 is 40.4 Å². The lowest BCUT2D eigenvalue weighted by atomic mass is 9.86. The number of carbonyl (C=O) groups excluding carboxylic acids is 1. The van der Waals surface area contributed by atoms with Crippen molar-refractivity contribution in [1.29, 1.82) is 5.26 Å². The molecule has 1 saturated heterocycles. The second-order valence-electron chi connectivity index (χ2n) is 11.4. The molecule has 1 saturated carbocycles. The smallest absolute Gasteiger partial charge is 0.274 e. The van der Waals surface area contributed by atoms with E-state index in [1.165, 1.54) is 23.6 Å². The normalized spacial score (nSPS) is 19.9. The van der Waals surface area contributed by atoms with Gasteiger partial charge in [-0.05, 0) is 68.9 Å². The number of aromatic nitrogens is 4. The van der Waals surface area contributed by atoms with E-state index in [-0.39, 0.29) is 18.3 Å². The van der Waals surface area contributed by atoms with Gasteiger partial charge in [-0.2, -0.15) is 15.5 Å². The zero-order valence-electron chi connectivity index (χ0n) is 24.2. The van der Waals surface area contributed by atoms with Gasteiger partial charge in [0, 0.05) is 55.1 Å². The second kappa shape index (κ2) is 12.4. The molecule has 42 heavy (non-hydrogen) atoms. The molecule has 0 radical (unpaired) electrons. The van der Waals surface area contributed by atoms with Crippen molar-refractivity contribution in [1.82, 2.24) is 29.6 Å². The number of piperazine rings is 1. The van der Waals surface area contributed by atoms with E-state index in [0.717, 1.165) is 49.9 Å². The van der Waals surface area contributed by atoms with Gasteiger partial charge < -0.3 is 15.7 Å². The van der Waals surface area contributed by atoms with Gasteiger partial charge in [-0.25, -0.2) is 4.52 Å². The summed E-state index contributed by atoms with van der Waals surface area (Å²) in [6.45, 7) is 8.32. The van der Waals surface area contributed by atoms with Crippen LogP contribution in [0, 0.1) is 11.3 Å². The Hall–Kier alpha value is -3.49. The number of nitrogens with one attached hydrogen (secondary N) is 2. The van der Waals surface area contributed by atoms with E-state index in [1.54, 1.807) is 18.2 Å². The minimum atomic E-state index is -1.11. The van der Waals surface area contributed by atoms with Crippen LogP contribution >= 0.6 is 12.4 Å². The van der Waals surface area contributed by atoms with Crippen LogP contribution in [0.5, 0.6) is 0 Å². The monoisotopic (exact) mass is 590 g/mol. The summed E-state index contributed by atoms with van der Waals surface area (Å²) in [4.78, 5) is 16.1. The van der Waals surface area contributed by atoms with Gasteiger partial charge in [-0.3, -0.25) is 14.4 Å². The number of nitrogens with zero attached hydrogens (tertiary/aromatic N) is 6. The van der Waals surface area contributed by atoms with Gasteiger partial charge >= 0.3 is 0 Å². The van der Waals surface area contributed by atoms with Gasteiger partial charge in [-0.1, -0.05) is 13.8 Å². The number of anilines is 1. The third-order valence-corrected chi connectivity index (χ3v) is 9.15. The van der Waals surface area contributed by atoms with E-state index < -0.39 is 5.60 Å². The Kier molecular flexibility index (Phi) is 8.85. The minimum Gasteiger partial charge on any atom is -0.385 e. The van der Waals surface area contributed by atoms with Crippen LogP contribution < -0.4 is 10.6 Å². The molecule has 3 N–H and O–H groups in total.